The number of ether oxygens (including phenoxy) is 1. The zero-order chi connectivity index (χ0) is 20.3. The number of fused-ring (bicyclic) bond motifs is 1. The van der Waals surface area contributed by atoms with Crippen molar-refractivity contribution < 1.29 is 14.3 Å². The molecule has 1 aromatic heterocycles. The predicted molar refractivity (Wildman–Crippen MR) is 107 cm³/mol. The summed E-state index contributed by atoms with van der Waals surface area (Å²) in [5.74, 6) is -0.611. The number of para-hydroxylation sites is 2. The Balaban J connectivity index is 1.63. The molecule has 0 aliphatic heterocycles. The first-order valence-electron chi connectivity index (χ1n) is 9.12. The number of carbonyl (C=O) groups excluding carboxylic acids is 2. The van der Waals surface area contributed by atoms with Gasteiger partial charge in [0.2, 0.25) is 5.91 Å². The molecular weight excluding hydrogens is 358 g/mol. The second kappa shape index (κ2) is 8.12. The van der Waals surface area contributed by atoms with Gasteiger partial charge < -0.3 is 10.1 Å². The summed E-state index contributed by atoms with van der Waals surface area (Å²) in [4.78, 5) is 36.5. The summed E-state index contributed by atoms with van der Waals surface area (Å²) in [7, 11) is 1.72. The molecule has 0 aliphatic rings. The fourth-order valence-corrected chi connectivity index (χ4v) is 2.99. The molecule has 7 nitrogen and oxygen atoms in total. The number of esters is 1. The Bertz CT molecular complexity index is 1060. The van der Waals surface area contributed by atoms with Gasteiger partial charge >= 0.3 is 11.7 Å². The molecule has 0 spiro atoms. The molecule has 3 rings (SSSR count). The number of imidazole rings is 1. The van der Waals surface area contributed by atoms with E-state index in [2.05, 4.69) is 5.32 Å². The molecular formula is C21H23N3O4. The van der Waals surface area contributed by atoms with Crippen LogP contribution in [-0.4, -0.2) is 27.1 Å². The third-order valence-electron chi connectivity index (χ3n) is 4.36. The van der Waals surface area contributed by atoms with Crippen LogP contribution in [0.2, 0.25) is 0 Å². The molecule has 2 aromatic carbocycles. The van der Waals surface area contributed by atoms with E-state index in [4.69, 9.17) is 4.74 Å². The van der Waals surface area contributed by atoms with Gasteiger partial charge in [0.25, 0.3) is 0 Å². The summed E-state index contributed by atoms with van der Waals surface area (Å²) in [5.41, 5.74) is 2.49. The fraction of sp³-hybridized carbons (Fsp3) is 0.286. The monoisotopic (exact) mass is 381 g/mol. The Hall–Kier alpha value is -3.35. The van der Waals surface area contributed by atoms with E-state index in [0.29, 0.717) is 11.3 Å². The zero-order valence-electron chi connectivity index (χ0n) is 16.1. The molecule has 1 heterocycles. The third kappa shape index (κ3) is 4.14. The average Bonchev–Trinajstić information content (AvgIpc) is 2.91. The third-order valence-corrected chi connectivity index (χ3v) is 4.36. The molecule has 1 N–H and O–H groups in total. The molecule has 0 saturated carbocycles. The Morgan fingerprint density at radius 3 is 2.32 bits per heavy atom. The number of anilines is 1. The summed E-state index contributed by atoms with van der Waals surface area (Å²) in [5, 5.41) is 2.78. The number of hydrogen-bond acceptors (Lipinski definition) is 4. The van der Waals surface area contributed by atoms with Crippen LogP contribution in [0.1, 0.15) is 30.6 Å². The van der Waals surface area contributed by atoms with E-state index < -0.39 is 5.97 Å². The maximum atomic E-state index is 12.4. The van der Waals surface area contributed by atoms with Crippen LogP contribution in [0.4, 0.5) is 5.69 Å². The van der Waals surface area contributed by atoms with Crippen LogP contribution in [0, 0.1) is 0 Å². The summed E-state index contributed by atoms with van der Waals surface area (Å²) in [6.45, 7) is 3.85. The molecule has 0 atom stereocenters. The summed E-state index contributed by atoms with van der Waals surface area (Å²) in [6, 6.07) is 14.0. The van der Waals surface area contributed by atoms with E-state index in [9.17, 15) is 14.4 Å². The van der Waals surface area contributed by atoms with Gasteiger partial charge in [0.05, 0.1) is 22.7 Å². The van der Waals surface area contributed by atoms with Crippen LogP contribution in [0.15, 0.2) is 53.3 Å². The molecule has 0 aliphatic carbocycles. The molecule has 0 bridgehead atoms. The lowest BCUT2D eigenvalue weighted by Crippen LogP contribution is -2.24. The topological polar surface area (TPSA) is 82.3 Å². The van der Waals surface area contributed by atoms with Gasteiger partial charge in [-0.3, -0.25) is 13.9 Å². The van der Waals surface area contributed by atoms with Gasteiger partial charge in [0.1, 0.15) is 0 Å². The number of nitrogens with zero attached hydrogens (tertiary/aromatic N) is 2. The Morgan fingerprint density at radius 2 is 1.68 bits per heavy atom. The van der Waals surface area contributed by atoms with Crippen LogP contribution >= 0.6 is 0 Å². The van der Waals surface area contributed by atoms with Crippen molar-refractivity contribution in [3.05, 3.63) is 64.6 Å². The second-order valence-electron chi connectivity index (χ2n) is 6.81. The minimum Gasteiger partial charge on any atom is -0.459 e. The lowest BCUT2D eigenvalue weighted by Gasteiger charge is -2.09. The molecule has 3 aromatic rings. The SMILES string of the molecule is CC(C)OC(=O)c1ccc(NC(=O)CCn2c(=O)n(C)c3ccccc32)cc1. The highest BCUT2D eigenvalue weighted by atomic mass is 16.5. The number of nitrogens with one attached hydrogen (secondary N) is 1. The lowest BCUT2D eigenvalue weighted by atomic mass is 10.2. The van der Waals surface area contributed by atoms with E-state index in [-0.39, 0.29) is 30.7 Å². The van der Waals surface area contributed by atoms with E-state index in [0.717, 1.165) is 11.0 Å². The number of amides is 1. The smallest absolute Gasteiger partial charge is 0.338 e. The lowest BCUT2D eigenvalue weighted by molar-refractivity contribution is -0.116. The molecule has 146 valence electrons. The second-order valence-corrected chi connectivity index (χ2v) is 6.81. The predicted octanol–water partition coefficient (Wildman–Crippen LogP) is 2.93. The quantitative estimate of drug-likeness (QED) is 0.666. The highest BCUT2D eigenvalue weighted by molar-refractivity contribution is 5.93. The van der Waals surface area contributed by atoms with E-state index >= 15 is 0 Å². The average molecular weight is 381 g/mol. The van der Waals surface area contributed by atoms with Gasteiger partial charge in [-0.05, 0) is 50.2 Å². The normalized spacial score (nSPS) is 11.0. The first-order valence-corrected chi connectivity index (χ1v) is 9.12. The molecule has 1 amide bonds. The van der Waals surface area contributed by atoms with Crippen LogP contribution in [-0.2, 0) is 23.1 Å². The van der Waals surface area contributed by atoms with Crippen molar-refractivity contribution in [2.24, 2.45) is 7.05 Å². The van der Waals surface area contributed by atoms with E-state index in [1.54, 1.807) is 54.3 Å². The van der Waals surface area contributed by atoms with Gasteiger partial charge in [0, 0.05) is 25.7 Å². The molecule has 28 heavy (non-hydrogen) atoms. The highest BCUT2D eigenvalue weighted by Crippen LogP contribution is 2.14. The van der Waals surface area contributed by atoms with Gasteiger partial charge in [0.15, 0.2) is 0 Å². The minimum atomic E-state index is -0.400. The van der Waals surface area contributed by atoms with E-state index in [1.807, 2.05) is 24.3 Å². The van der Waals surface area contributed by atoms with Crippen molar-refractivity contribution in [3.63, 3.8) is 0 Å². The molecule has 0 radical (unpaired) electrons. The largest absolute Gasteiger partial charge is 0.459 e. The summed E-state index contributed by atoms with van der Waals surface area (Å²) in [6.07, 6.45) is -0.0326. The number of rotatable bonds is 6. The van der Waals surface area contributed by atoms with Crippen molar-refractivity contribution in [2.75, 3.05) is 5.32 Å². The number of hydrogen-bond donors (Lipinski definition) is 1. The van der Waals surface area contributed by atoms with Crippen molar-refractivity contribution in [3.8, 4) is 0 Å². The van der Waals surface area contributed by atoms with Crippen LogP contribution < -0.4 is 11.0 Å². The summed E-state index contributed by atoms with van der Waals surface area (Å²) < 4.78 is 8.30. The maximum absolute atomic E-state index is 12.4. The van der Waals surface area contributed by atoms with Crippen LogP contribution in [0.5, 0.6) is 0 Å². The number of benzene rings is 2. The van der Waals surface area contributed by atoms with Crippen molar-refractivity contribution in [1.29, 1.82) is 0 Å². The first-order chi connectivity index (χ1) is 13.4. The standard InChI is InChI=1S/C21H23N3O4/c1-14(2)28-20(26)15-8-10-16(11-9-15)22-19(25)12-13-24-18-7-5-4-6-17(18)23(3)21(24)27/h4-11,14H,12-13H2,1-3H3,(H,22,25). The van der Waals surface area contributed by atoms with Crippen LogP contribution in [0.3, 0.4) is 0 Å². The maximum Gasteiger partial charge on any atom is 0.338 e. The highest BCUT2D eigenvalue weighted by Gasteiger charge is 2.12. The molecule has 0 fully saturated rings. The Kier molecular flexibility index (Phi) is 5.63. The Morgan fingerprint density at radius 1 is 1.04 bits per heavy atom. The number of aromatic nitrogens is 2. The minimum absolute atomic E-state index is 0.151. The Labute approximate surface area is 162 Å². The van der Waals surface area contributed by atoms with Gasteiger partial charge in [-0.1, -0.05) is 12.1 Å². The van der Waals surface area contributed by atoms with Crippen LogP contribution in [0.25, 0.3) is 11.0 Å². The number of aryl methyl sites for hydroxylation is 2. The van der Waals surface area contributed by atoms with Crippen molar-refractivity contribution in [2.45, 2.75) is 32.9 Å². The van der Waals surface area contributed by atoms with Crippen molar-refractivity contribution in [1.82, 2.24) is 9.13 Å². The molecule has 7 heteroatoms. The zero-order valence-corrected chi connectivity index (χ0v) is 16.1. The van der Waals surface area contributed by atoms with Gasteiger partial charge in [-0.15, -0.1) is 0 Å². The summed E-state index contributed by atoms with van der Waals surface area (Å²) >= 11 is 0. The van der Waals surface area contributed by atoms with Gasteiger partial charge in [-0.2, -0.15) is 0 Å². The molecule has 0 unspecified atom stereocenters. The van der Waals surface area contributed by atoms with Gasteiger partial charge in [-0.25, -0.2) is 9.59 Å². The molecule has 0 saturated heterocycles. The first kappa shape index (κ1) is 19.4. The van der Waals surface area contributed by atoms with Crippen molar-refractivity contribution >= 4 is 28.6 Å². The fourth-order valence-electron chi connectivity index (χ4n) is 2.99. The number of carbonyl (C=O) groups is 2. The van der Waals surface area contributed by atoms with E-state index in [1.165, 1.54) is 0 Å².